The Morgan fingerprint density at radius 1 is 0.852 bits per heavy atom. The van der Waals surface area contributed by atoms with E-state index in [2.05, 4.69) is 26.0 Å². The van der Waals surface area contributed by atoms with Gasteiger partial charge in [0.1, 0.15) is 0 Å². The molecule has 0 aliphatic rings. The van der Waals surface area contributed by atoms with Gasteiger partial charge in [0.2, 0.25) is 5.95 Å². The average Bonchev–Trinajstić information content (AvgIpc) is 3.24. The first-order valence-corrected chi connectivity index (χ1v) is 9.30. The Bertz CT molecular complexity index is 1030. The van der Waals surface area contributed by atoms with Gasteiger partial charge in [0.05, 0.1) is 0 Å². The molecule has 0 spiro atoms. The van der Waals surface area contributed by atoms with Gasteiger partial charge in [0, 0.05) is 34.9 Å². The van der Waals surface area contributed by atoms with Gasteiger partial charge in [0.15, 0.2) is 0 Å². The molecule has 0 radical (unpaired) electrons. The highest BCUT2D eigenvalue weighted by Crippen LogP contribution is 2.22. The van der Waals surface area contributed by atoms with Gasteiger partial charge < -0.3 is 10.6 Å². The van der Waals surface area contributed by atoms with E-state index in [0.29, 0.717) is 11.5 Å². The third kappa shape index (κ3) is 4.19. The van der Waals surface area contributed by atoms with Crippen molar-refractivity contribution in [2.24, 2.45) is 0 Å². The standard InChI is InChI=1S/C21H16N4OS/c26-20(24-18-6-2-1-3-7-18)15-5-4-8-19(11-15)25-21-22-12-17(13-23-21)16-9-10-27-14-16/h1-14H,(H,24,26)(H,22,23,25). The molecular weight excluding hydrogens is 356 g/mol. The van der Waals surface area contributed by atoms with Crippen LogP contribution in [-0.2, 0) is 0 Å². The van der Waals surface area contributed by atoms with E-state index < -0.39 is 0 Å². The monoisotopic (exact) mass is 372 g/mol. The second kappa shape index (κ2) is 7.80. The van der Waals surface area contributed by atoms with Crippen molar-refractivity contribution in [1.82, 2.24) is 9.97 Å². The molecule has 0 bridgehead atoms. The Morgan fingerprint density at radius 2 is 1.63 bits per heavy atom. The summed E-state index contributed by atoms with van der Waals surface area (Å²) in [4.78, 5) is 21.1. The molecule has 5 nitrogen and oxygen atoms in total. The van der Waals surface area contributed by atoms with Gasteiger partial charge in [-0.05, 0) is 52.7 Å². The van der Waals surface area contributed by atoms with Crippen LogP contribution in [0.3, 0.4) is 0 Å². The van der Waals surface area contributed by atoms with E-state index in [1.807, 2.05) is 53.9 Å². The smallest absolute Gasteiger partial charge is 0.255 e. The van der Waals surface area contributed by atoms with Crippen LogP contribution in [0.5, 0.6) is 0 Å². The van der Waals surface area contributed by atoms with Crippen LogP contribution in [0.25, 0.3) is 11.1 Å². The van der Waals surface area contributed by atoms with Gasteiger partial charge in [-0.15, -0.1) is 0 Å². The van der Waals surface area contributed by atoms with Crippen molar-refractivity contribution in [3.8, 4) is 11.1 Å². The SMILES string of the molecule is O=C(Nc1ccccc1)c1cccc(Nc2ncc(-c3ccsc3)cn2)c1. The number of aromatic nitrogens is 2. The summed E-state index contributed by atoms with van der Waals surface area (Å²) in [5.41, 5.74) is 4.13. The van der Waals surface area contributed by atoms with Gasteiger partial charge in [0.25, 0.3) is 5.91 Å². The number of carbonyl (C=O) groups is 1. The minimum Gasteiger partial charge on any atom is -0.324 e. The lowest BCUT2D eigenvalue weighted by molar-refractivity contribution is 0.102. The Labute approximate surface area is 160 Å². The maximum Gasteiger partial charge on any atom is 0.255 e. The number of hydrogen-bond donors (Lipinski definition) is 2. The van der Waals surface area contributed by atoms with Crippen molar-refractivity contribution in [2.75, 3.05) is 10.6 Å². The van der Waals surface area contributed by atoms with Crippen molar-refractivity contribution in [3.63, 3.8) is 0 Å². The number of anilines is 3. The van der Waals surface area contributed by atoms with Crippen molar-refractivity contribution < 1.29 is 4.79 Å². The number of amides is 1. The maximum absolute atomic E-state index is 12.4. The first-order chi connectivity index (χ1) is 13.3. The topological polar surface area (TPSA) is 66.9 Å². The van der Waals surface area contributed by atoms with E-state index in [0.717, 1.165) is 22.5 Å². The minimum atomic E-state index is -0.168. The summed E-state index contributed by atoms with van der Waals surface area (Å²) in [5, 5.41) is 10.1. The number of rotatable bonds is 5. The van der Waals surface area contributed by atoms with Crippen LogP contribution < -0.4 is 10.6 Å². The maximum atomic E-state index is 12.4. The summed E-state index contributed by atoms with van der Waals surface area (Å²) in [6.45, 7) is 0. The molecule has 1 amide bonds. The van der Waals surface area contributed by atoms with E-state index in [-0.39, 0.29) is 5.91 Å². The summed E-state index contributed by atoms with van der Waals surface area (Å²) >= 11 is 1.64. The molecule has 0 aliphatic carbocycles. The van der Waals surface area contributed by atoms with Gasteiger partial charge in [-0.1, -0.05) is 24.3 Å². The number of hydrogen-bond acceptors (Lipinski definition) is 5. The van der Waals surface area contributed by atoms with E-state index in [4.69, 9.17) is 0 Å². The van der Waals surface area contributed by atoms with Crippen molar-refractivity contribution in [2.45, 2.75) is 0 Å². The Morgan fingerprint density at radius 3 is 2.37 bits per heavy atom. The predicted molar refractivity (Wildman–Crippen MR) is 109 cm³/mol. The lowest BCUT2D eigenvalue weighted by Crippen LogP contribution is -2.12. The van der Waals surface area contributed by atoms with E-state index in [1.54, 1.807) is 35.9 Å². The highest BCUT2D eigenvalue weighted by atomic mass is 32.1. The lowest BCUT2D eigenvalue weighted by atomic mass is 10.2. The number of nitrogens with zero attached hydrogens (tertiary/aromatic N) is 2. The number of nitrogens with one attached hydrogen (secondary N) is 2. The van der Waals surface area contributed by atoms with Crippen LogP contribution in [0.1, 0.15) is 10.4 Å². The number of para-hydroxylation sites is 1. The largest absolute Gasteiger partial charge is 0.324 e. The Hall–Kier alpha value is -3.51. The quantitative estimate of drug-likeness (QED) is 0.505. The lowest BCUT2D eigenvalue weighted by Gasteiger charge is -2.08. The molecule has 0 atom stereocenters. The van der Waals surface area contributed by atoms with E-state index in [1.165, 1.54) is 0 Å². The molecule has 2 N–H and O–H groups in total. The van der Waals surface area contributed by atoms with Crippen LogP contribution in [-0.4, -0.2) is 15.9 Å². The fourth-order valence-corrected chi connectivity index (χ4v) is 3.23. The second-order valence-electron chi connectivity index (χ2n) is 5.83. The third-order valence-corrected chi connectivity index (χ3v) is 4.60. The van der Waals surface area contributed by atoms with Crippen molar-refractivity contribution >= 4 is 34.6 Å². The molecule has 0 saturated carbocycles. The Kier molecular flexibility index (Phi) is 4.89. The van der Waals surface area contributed by atoms with Crippen LogP contribution >= 0.6 is 11.3 Å². The fraction of sp³-hybridized carbons (Fsp3) is 0. The molecule has 27 heavy (non-hydrogen) atoms. The fourth-order valence-electron chi connectivity index (χ4n) is 2.56. The van der Waals surface area contributed by atoms with Crippen LogP contribution in [0.4, 0.5) is 17.3 Å². The molecule has 4 aromatic rings. The molecule has 0 aliphatic heterocycles. The zero-order valence-electron chi connectivity index (χ0n) is 14.3. The van der Waals surface area contributed by atoms with Gasteiger partial charge in [-0.3, -0.25) is 4.79 Å². The van der Waals surface area contributed by atoms with E-state index >= 15 is 0 Å². The molecule has 6 heteroatoms. The summed E-state index contributed by atoms with van der Waals surface area (Å²) in [7, 11) is 0. The molecule has 0 unspecified atom stereocenters. The highest BCUT2D eigenvalue weighted by Gasteiger charge is 2.08. The molecule has 2 aromatic carbocycles. The average molecular weight is 372 g/mol. The molecule has 0 fully saturated rings. The minimum absolute atomic E-state index is 0.168. The molecule has 2 aromatic heterocycles. The molecule has 0 saturated heterocycles. The highest BCUT2D eigenvalue weighted by molar-refractivity contribution is 7.08. The number of benzene rings is 2. The zero-order chi connectivity index (χ0) is 18.5. The molecule has 2 heterocycles. The second-order valence-corrected chi connectivity index (χ2v) is 6.61. The van der Waals surface area contributed by atoms with E-state index in [9.17, 15) is 4.79 Å². The summed E-state index contributed by atoms with van der Waals surface area (Å²) in [5.74, 6) is 0.313. The zero-order valence-corrected chi connectivity index (χ0v) is 15.1. The van der Waals surface area contributed by atoms with Crippen molar-refractivity contribution in [1.29, 1.82) is 0 Å². The van der Waals surface area contributed by atoms with Gasteiger partial charge in [-0.25, -0.2) is 9.97 Å². The molecule has 4 rings (SSSR count). The van der Waals surface area contributed by atoms with Crippen molar-refractivity contribution in [3.05, 3.63) is 89.4 Å². The number of thiophene rings is 1. The number of carbonyl (C=O) groups excluding carboxylic acids is 1. The van der Waals surface area contributed by atoms with Crippen LogP contribution in [0, 0.1) is 0 Å². The summed E-state index contributed by atoms with van der Waals surface area (Å²) < 4.78 is 0. The van der Waals surface area contributed by atoms with Crippen LogP contribution in [0.15, 0.2) is 83.8 Å². The first kappa shape index (κ1) is 16.9. The Balaban J connectivity index is 1.47. The van der Waals surface area contributed by atoms with Crippen LogP contribution in [0.2, 0.25) is 0 Å². The van der Waals surface area contributed by atoms with Gasteiger partial charge in [-0.2, -0.15) is 11.3 Å². The summed E-state index contributed by atoms with van der Waals surface area (Å²) in [6, 6.07) is 18.6. The predicted octanol–water partition coefficient (Wildman–Crippen LogP) is 5.20. The first-order valence-electron chi connectivity index (χ1n) is 8.36. The van der Waals surface area contributed by atoms with Gasteiger partial charge >= 0.3 is 0 Å². The third-order valence-electron chi connectivity index (χ3n) is 3.92. The molecular formula is C21H16N4OS. The molecule has 132 valence electrons. The summed E-state index contributed by atoms with van der Waals surface area (Å²) in [6.07, 6.45) is 3.56. The normalized spacial score (nSPS) is 10.4.